The first-order valence-corrected chi connectivity index (χ1v) is 6.51. The zero-order valence-corrected chi connectivity index (χ0v) is 12.9. The van der Waals surface area contributed by atoms with Crippen molar-refractivity contribution in [2.45, 2.75) is 39.3 Å². The van der Waals surface area contributed by atoms with E-state index in [1.165, 1.54) is 13.2 Å². The van der Waals surface area contributed by atoms with Crippen LogP contribution in [-0.4, -0.2) is 29.9 Å². The lowest BCUT2D eigenvalue weighted by Crippen LogP contribution is -2.38. The van der Waals surface area contributed by atoms with Crippen LogP contribution in [0.15, 0.2) is 18.2 Å². The molecule has 1 amide bonds. The molecule has 0 aliphatic heterocycles. The van der Waals surface area contributed by atoms with Gasteiger partial charge < -0.3 is 19.9 Å². The molecular weight excluding hydrogens is 274 g/mol. The number of benzene rings is 1. The minimum Gasteiger partial charge on any atom is -0.508 e. The molecular formula is C15H21NO5. The molecule has 0 fully saturated rings. The van der Waals surface area contributed by atoms with E-state index in [1.54, 1.807) is 39.8 Å². The van der Waals surface area contributed by atoms with Crippen molar-refractivity contribution >= 4 is 12.1 Å². The Morgan fingerprint density at radius 3 is 2.38 bits per heavy atom. The van der Waals surface area contributed by atoms with E-state index in [-0.39, 0.29) is 5.75 Å². The van der Waals surface area contributed by atoms with Gasteiger partial charge in [-0.25, -0.2) is 9.59 Å². The van der Waals surface area contributed by atoms with Gasteiger partial charge in [0.25, 0.3) is 0 Å². The Hall–Kier alpha value is -2.24. The van der Waals surface area contributed by atoms with Crippen molar-refractivity contribution in [2.75, 3.05) is 7.11 Å². The van der Waals surface area contributed by atoms with Crippen molar-refractivity contribution in [3.63, 3.8) is 0 Å². The Morgan fingerprint density at radius 2 is 1.90 bits per heavy atom. The molecule has 1 aromatic rings. The summed E-state index contributed by atoms with van der Waals surface area (Å²) in [7, 11) is 1.24. The van der Waals surface area contributed by atoms with Gasteiger partial charge in [0.05, 0.1) is 7.11 Å². The second-order valence-corrected chi connectivity index (χ2v) is 5.65. The van der Waals surface area contributed by atoms with Crippen LogP contribution in [0, 0.1) is 6.92 Å². The van der Waals surface area contributed by atoms with Crippen LogP contribution in [-0.2, 0) is 14.3 Å². The summed E-state index contributed by atoms with van der Waals surface area (Å²) in [5.41, 5.74) is 0.422. The normalized spacial score (nSPS) is 12.4. The molecule has 116 valence electrons. The summed E-state index contributed by atoms with van der Waals surface area (Å²) < 4.78 is 9.83. The number of carbonyl (C=O) groups excluding carboxylic acids is 2. The van der Waals surface area contributed by atoms with E-state index < -0.39 is 23.7 Å². The van der Waals surface area contributed by atoms with Crippen LogP contribution in [0.1, 0.15) is 37.9 Å². The summed E-state index contributed by atoms with van der Waals surface area (Å²) in [6.45, 7) is 6.87. The maximum absolute atomic E-state index is 11.9. The highest BCUT2D eigenvalue weighted by Gasteiger charge is 2.26. The molecule has 0 bridgehead atoms. The Morgan fingerprint density at radius 1 is 1.29 bits per heavy atom. The highest BCUT2D eigenvalue weighted by molar-refractivity contribution is 5.82. The van der Waals surface area contributed by atoms with Gasteiger partial charge in [-0.1, -0.05) is 6.07 Å². The second-order valence-electron chi connectivity index (χ2n) is 5.65. The molecule has 0 spiro atoms. The molecule has 2 N–H and O–H groups in total. The molecule has 0 unspecified atom stereocenters. The summed E-state index contributed by atoms with van der Waals surface area (Å²) in [5.74, 6) is -0.509. The molecule has 21 heavy (non-hydrogen) atoms. The molecule has 0 heterocycles. The van der Waals surface area contributed by atoms with E-state index >= 15 is 0 Å². The zero-order chi connectivity index (χ0) is 16.2. The third-order valence-electron chi connectivity index (χ3n) is 2.65. The Labute approximate surface area is 124 Å². The lowest BCUT2D eigenvalue weighted by Gasteiger charge is -2.23. The molecule has 0 saturated heterocycles. The zero-order valence-electron chi connectivity index (χ0n) is 12.9. The van der Waals surface area contributed by atoms with Gasteiger partial charge in [0.2, 0.25) is 0 Å². The van der Waals surface area contributed by atoms with Gasteiger partial charge in [0.1, 0.15) is 11.4 Å². The minimum absolute atomic E-state index is 0.111. The number of rotatable bonds is 3. The van der Waals surface area contributed by atoms with Crippen LogP contribution < -0.4 is 5.32 Å². The van der Waals surface area contributed by atoms with E-state index in [0.29, 0.717) is 11.1 Å². The number of aryl methyl sites for hydroxylation is 1. The van der Waals surface area contributed by atoms with Crippen molar-refractivity contribution in [1.82, 2.24) is 5.32 Å². The first-order valence-electron chi connectivity index (χ1n) is 6.51. The monoisotopic (exact) mass is 295 g/mol. The SMILES string of the molecule is COC(=O)[C@@H](NC(=O)OC(C)(C)C)c1ccc(O)c(C)c1. The van der Waals surface area contributed by atoms with Gasteiger partial charge in [-0.2, -0.15) is 0 Å². The third-order valence-corrected chi connectivity index (χ3v) is 2.65. The van der Waals surface area contributed by atoms with Crippen molar-refractivity contribution in [2.24, 2.45) is 0 Å². The van der Waals surface area contributed by atoms with Crippen molar-refractivity contribution < 1.29 is 24.2 Å². The summed E-state index contributed by atoms with van der Waals surface area (Å²) in [5, 5.41) is 12.0. The fourth-order valence-electron chi connectivity index (χ4n) is 1.68. The fourth-order valence-corrected chi connectivity index (χ4v) is 1.68. The number of hydrogen-bond acceptors (Lipinski definition) is 5. The van der Waals surface area contributed by atoms with E-state index in [2.05, 4.69) is 5.32 Å². The predicted molar refractivity (Wildman–Crippen MR) is 77.0 cm³/mol. The minimum atomic E-state index is -0.996. The summed E-state index contributed by atoms with van der Waals surface area (Å²) in [4.78, 5) is 23.7. The third kappa shape index (κ3) is 4.98. The quantitative estimate of drug-likeness (QED) is 0.837. The maximum Gasteiger partial charge on any atom is 0.408 e. The van der Waals surface area contributed by atoms with Crippen LogP contribution >= 0.6 is 0 Å². The van der Waals surface area contributed by atoms with Crippen molar-refractivity contribution in [3.8, 4) is 5.75 Å². The number of phenols is 1. The summed E-state index contributed by atoms with van der Waals surface area (Å²) in [6.07, 6.45) is -0.719. The molecule has 0 aliphatic carbocycles. The smallest absolute Gasteiger partial charge is 0.408 e. The second kappa shape index (κ2) is 6.47. The van der Waals surface area contributed by atoms with Gasteiger partial charge in [0.15, 0.2) is 6.04 Å². The number of nitrogens with one attached hydrogen (secondary N) is 1. The number of phenolic OH excluding ortho intramolecular Hbond substituents is 1. The molecule has 0 radical (unpaired) electrons. The average Bonchev–Trinajstić information content (AvgIpc) is 2.36. The Balaban J connectivity index is 2.98. The number of methoxy groups -OCH3 is 1. The number of ether oxygens (including phenoxy) is 2. The topological polar surface area (TPSA) is 84.9 Å². The maximum atomic E-state index is 11.9. The van der Waals surface area contributed by atoms with Crippen molar-refractivity contribution in [3.05, 3.63) is 29.3 Å². The molecule has 0 aromatic heterocycles. The van der Waals surface area contributed by atoms with E-state index in [4.69, 9.17) is 9.47 Å². The largest absolute Gasteiger partial charge is 0.508 e. The van der Waals surface area contributed by atoms with Crippen LogP contribution in [0.25, 0.3) is 0 Å². The summed E-state index contributed by atoms with van der Waals surface area (Å²) in [6, 6.07) is 3.61. The predicted octanol–water partition coefficient (Wildman–Crippen LogP) is 2.44. The molecule has 1 aromatic carbocycles. The fraction of sp³-hybridized carbons (Fsp3) is 0.467. The van der Waals surface area contributed by atoms with E-state index in [0.717, 1.165) is 0 Å². The molecule has 6 heteroatoms. The van der Waals surface area contributed by atoms with Crippen LogP contribution in [0.3, 0.4) is 0 Å². The van der Waals surface area contributed by atoms with Crippen molar-refractivity contribution in [1.29, 1.82) is 0 Å². The van der Waals surface area contributed by atoms with E-state index in [1.807, 2.05) is 0 Å². The highest BCUT2D eigenvalue weighted by Crippen LogP contribution is 2.23. The number of alkyl carbamates (subject to hydrolysis) is 1. The van der Waals surface area contributed by atoms with Crippen LogP contribution in [0.2, 0.25) is 0 Å². The van der Waals surface area contributed by atoms with E-state index in [9.17, 15) is 14.7 Å². The molecule has 1 atom stereocenters. The number of amides is 1. The molecule has 1 rings (SSSR count). The standard InChI is InChI=1S/C15H21NO5/c1-9-8-10(6-7-11(9)17)12(13(18)20-5)16-14(19)21-15(2,3)4/h6-8,12,17H,1-5H3,(H,16,19)/t12-/m0/s1. The first-order chi connectivity index (χ1) is 9.64. The lowest BCUT2D eigenvalue weighted by atomic mass is 10.0. The summed E-state index contributed by atoms with van der Waals surface area (Å²) >= 11 is 0. The Kier molecular flexibility index (Phi) is 5.18. The van der Waals surface area contributed by atoms with Gasteiger partial charge in [0, 0.05) is 0 Å². The number of carbonyl (C=O) groups is 2. The van der Waals surface area contributed by atoms with Gasteiger partial charge in [-0.05, 0) is 51.0 Å². The number of aromatic hydroxyl groups is 1. The van der Waals surface area contributed by atoms with Gasteiger partial charge >= 0.3 is 12.1 Å². The van der Waals surface area contributed by atoms with Crippen LogP contribution in [0.5, 0.6) is 5.75 Å². The highest BCUT2D eigenvalue weighted by atomic mass is 16.6. The molecule has 0 saturated carbocycles. The Bertz CT molecular complexity index is 533. The first kappa shape index (κ1) is 16.8. The number of esters is 1. The average molecular weight is 295 g/mol. The van der Waals surface area contributed by atoms with Gasteiger partial charge in [-0.3, -0.25) is 0 Å². The number of hydrogen-bond donors (Lipinski definition) is 2. The molecule has 0 aliphatic rings. The molecule has 6 nitrogen and oxygen atoms in total. The van der Waals surface area contributed by atoms with Gasteiger partial charge in [-0.15, -0.1) is 0 Å². The lowest BCUT2D eigenvalue weighted by molar-refractivity contribution is -0.143. The van der Waals surface area contributed by atoms with Crippen LogP contribution in [0.4, 0.5) is 4.79 Å².